The summed E-state index contributed by atoms with van der Waals surface area (Å²) in [5, 5.41) is 0. The van der Waals surface area contributed by atoms with E-state index >= 15 is 0 Å². The van der Waals surface area contributed by atoms with E-state index in [9.17, 15) is 4.79 Å². The van der Waals surface area contributed by atoms with E-state index in [4.69, 9.17) is 0 Å². The molecule has 3 fully saturated rings. The fraction of sp³-hybridized carbons (Fsp3) is 0.889. The molecule has 2 atom stereocenters. The minimum atomic E-state index is 0.244. The molecule has 0 aromatic heterocycles. The second-order valence-corrected chi connectivity index (χ2v) is 4.51. The Balaban J connectivity index is 2.26. The van der Waals surface area contributed by atoms with Crippen molar-refractivity contribution in [3.63, 3.8) is 0 Å². The minimum absolute atomic E-state index is 0.244. The van der Waals surface area contributed by atoms with Crippen LogP contribution in [0.4, 0.5) is 0 Å². The van der Waals surface area contributed by atoms with E-state index in [-0.39, 0.29) is 5.41 Å². The van der Waals surface area contributed by atoms with Gasteiger partial charge in [0, 0.05) is 12.5 Å². The summed E-state index contributed by atoms with van der Waals surface area (Å²) in [6, 6.07) is 0. The van der Waals surface area contributed by atoms with Gasteiger partial charge < -0.3 is 0 Å². The van der Waals surface area contributed by atoms with Crippen molar-refractivity contribution in [1.29, 1.82) is 0 Å². The summed E-state index contributed by atoms with van der Waals surface area (Å²) in [5.41, 5.74) is 0.244. The molecule has 0 aliphatic carbocycles. The molecule has 0 N–H and O–H groups in total. The monoisotopic (exact) mass is 153 g/mol. The zero-order valence-corrected chi connectivity index (χ0v) is 7.26. The van der Waals surface area contributed by atoms with Crippen molar-refractivity contribution in [3.05, 3.63) is 0 Å². The third kappa shape index (κ3) is 1.00. The van der Waals surface area contributed by atoms with Crippen LogP contribution < -0.4 is 0 Å². The summed E-state index contributed by atoms with van der Waals surface area (Å²) in [7, 11) is 0. The van der Waals surface area contributed by atoms with E-state index in [1.54, 1.807) is 0 Å². The van der Waals surface area contributed by atoms with E-state index in [0.29, 0.717) is 18.2 Å². The molecular formula is C9H15NO. The molecule has 11 heavy (non-hydrogen) atoms. The van der Waals surface area contributed by atoms with Crippen molar-refractivity contribution in [2.75, 3.05) is 19.6 Å². The molecule has 2 heteroatoms. The van der Waals surface area contributed by atoms with Gasteiger partial charge in [-0.25, -0.2) is 0 Å². The van der Waals surface area contributed by atoms with E-state index in [2.05, 4.69) is 18.7 Å². The van der Waals surface area contributed by atoms with Gasteiger partial charge in [0.1, 0.15) is 0 Å². The third-order valence-electron chi connectivity index (χ3n) is 3.08. The highest BCUT2D eigenvalue weighted by atomic mass is 16.1. The molecule has 0 aromatic rings. The molecule has 2 nitrogen and oxygen atoms in total. The first kappa shape index (κ1) is 7.29. The van der Waals surface area contributed by atoms with Crippen LogP contribution >= 0.6 is 0 Å². The zero-order valence-electron chi connectivity index (χ0n) is 7.26. The highest BCUT2D eigenvalue weighted by molar-refractivity contribution is 5.85. The second kappa shape index (κ2) is 2.07. The summed E-state index contributed by atoms with van der Waals surface area (Å²) >= 11 is 0. The first-order valence-corrected chi connectivity index (χ1v) is 4.35. The maximum absolute atomic E-state index is 11.4. The standard InChI is InChI=1S/C9H15NO/c1-9(2)6-10-4-3-7(9)8(11)5-10/h7H,3-6H2,1-2H3. The van der Waals surface area contributed by atoms with Crippen LogP contribution in [0.2, 0.25) is 0 Å². The molecule has 3 rings (SSSR count). The van der Waals surface area contributed by atoms with Crippen LogP contribution in [0, 0.1) is 11.3 Å². The Morgan fingerprint density at radius 3 is 2.64 bits per heavy atom. The second-order valence-electron chi connectivity index (χ2n) is 4.51. The predicted octanol–water partition coefficient (Wildman–Crippen LogP) is 0.917. The van der Waals surface area contributed by atoms with Crippen molar-refractivity contribution in [2.45, 2.75) is 20.3 Å². The Labute approximate surface area is 67.6 Å². The molecule has 62 valence electrons. The fourth-order valence-electron chi connectivity index (χ4n) is 2.53. The van der Waals surface area contributed by atoms with E-state index in [0.717, 1.165) is 19.5 Å². The van der Waals surface area contributed by atoms with Crippen LogP contribution in [0.1, 0.15) is 20.3 Å². The van der Waals surface area contributed by atoms with Crippen molar-refractivity contribution in [1.82, 2.24) is 4.90 Å². The summed E-state index contributed by atoms with van der Waals surface area (Å²) < 4.78 is 0. The zero-order chi connectivity index (χ0) is 8.06. The molecule has 0 spiro atoms. The Kier molecular flexibility index (Phi) is 1.37. The van der Waals surface area contributed by atoms with Gasteiger partial charge >= 0.3 is 0 Å². The van der Waals surface area contributed by atoms with Crippen molar-refractivity contribution in [3.8, 4) is 0 Å². The molecular weight excluding hydrogens is 138 g/mol. The molecule has 3 saturated heterocycles. The number of Topliss-reactive ketones (excluding diaryl/α,β-unsaturated/α-hetero) is 1. The molecule has 2 unspecified atom stereocenters. The van der Waals surface area contributed by atoms with Crippen LogP contribution in [0.3, 0.4) is 0 Å². The summed E-state index contributed by atoms with van der Waals surface area (Å²) in [6.45, 7) is 7.39. The van der Waals surface area contributed by atoms with Gasteiger partial charge in [-0.1, -0.05) is 13.8 Å². The Hall–Kier alpha value is -0.370. The van der Waals surface area contributed by atoms with Crippen molar-refractivity contribution < 1.29 is 4.79 Å². The first-order valence-electron chi connectivity index (χ1n) is 4.35. The normalized spacial score (nSPS) is 41.1. The van der Waals surface area contributed by atoms with Gasteiger partial charge in [0.05, 0.1) is 6.54 Å². The molecule has 0 saturated carbocycles. The Morgan fingerprint density at radius 1 is 1.55 bits per heavy atom. The van der Waals surface area contributed by atoms with Gasteiger partial charge in [-0.05, 0) is 18.4 Å². The van der Waals surface area contributed by atoms with Gasteiger partial charge in [-0.3, -0.25) is 9.69 Å². The number of piperidine rings is 3. The lowest BCUT2D eigenvalue weighted by Crippen LogP contribution is -2.57. The summed E-state index contributed by atoms with van der Waals surface area (Å²) in [4.78, 5) is 13.7. The average Bonchev–Trinajstić information content (AvgIpc) is 1.83. The number of fused-ring (bicyclic) bond motifs is 3. The van der Waals surface area contributed by atoms with E-state index in [1.807, 2.05) is 0 Å². The van der Waals surface area contributed by atoms with Gasteiger partial charge in [0.25, 0.3) is 0 Å². The minimum Gasteiger partial charge on any atom is -0.298 e. The fourth-order valence-corrected chi connectivity index (χ4v) is 2.53. The maximum atomic E-state index is 11.4. The first-order chi connectivity index (χ1) is 5.09. The van der Waals surface area contributed by atoms with Gasteiger partial charge in [0.15, 0.2) is 5.78 Å². The van der Waals surface area contributed by atoms with Crippen LogP contribution in [-0.4, -0.2) is 30.3 Å². The lowest BCUT2D eigenvalue weighted by molar-refractivity contribution is -0.139. The lowest BCUT2D eigenvalue weighted by Gasteiger charge is -2.48. The van der Waals surface area contributed by atoms with Crippen molar-refractivity contribution >= 4 is 5.78 Å². The molecule has 3 heterocycles. The van der Waals surface area contributed by atoms with Crippen LogP contribution in [0.5, 0.6) is 0 Å². The summed E-state index contributed by atoms with van der Waals surface area (Å²) in [6.07, 6.45) is 1.09. The SMILES string of the molecule is CC1(C)CN2CCC1C(=O)C2. The maximum Gasteiger partial charge on any atom is 0.150 e. The molecule has 0 aromatic carbocycles. The molecule has 0 radical (unpaired) electrons. The van der Waals surface area contributed by atoms with Crippen LogP contribution in [0.15, 0.2) is 0 Å². The molecule has 3 aliphatic rings. The van der Waals surface area contributed by atoms with Gasteiger partial charge in [-0.2, -0.15) is 0 Å². The number of hydrogen-bond donors (Lipinski definition) is 0. The number of hydrogen-bond acceptors (Lipinski definition) is 2. The van der Waals surface area contributed by atoms with Gasteiger partial charge in [-0.15, -0.1) is 0 Å². The highest BCUT2D eigenvalue weighted by Gasteiger charge is 2.44. The molecule has 3 aliphatic heterocycles. The highest BCUT2D eigenvalue weighted by Crippen LogP contribution is 2.39. The Morgan fingerprint density at radius 2 is 2.27 bits per heavy atom. The number of rotatable bonds is 0. The van der Waals surface area contributed by atoms with E-state index in [1.165, 1.54) is 0 Å². The van der Waals surface area contributed by atoms with E-state index < -0.39 is 0 Å². The third-order valence-corrected chi connectivity index (χ3v) is 3.08. The Bertz CT molecular complexity index is 198. The average molecular weight is 153 g/mol. The summed E-state index contributed by atoms with van der Waals surface area (Å²) in [5.74, 6) is 0.819. The number of carbonyl (C=O) groups is 1. The molecule has 0 amide bonds. The lowest BCUT2D eigenvalue weighted by atomic mass is 9.68. The van der Waals surface area contributed by atoms with Crippen LogP contribution in [-0.2, 0) is 4.79 Å². The predicted molar refractivity (Wildman–Crippen MR) is 43.3 cm³/mol. The number of carbonyl (C=O) groups excluding carboxylic acids is 1. The topological polar surface area (TPSA) is 20.3 Å². The number of nitrogens with zero attached hydrogens (tertiary/aromatic N) is 1. The molecule has 2 bridgehead atoms. The van der Waals surface area contributed by atoms with Crippen molar-refractivity contribution in [2.24, 2.45) is 11.3 Å². The quantitative estimate of drug-likeness (QED) is 0.515. The van der Waals surface area contributed by atoms with Gasteiger partial charge in [0.2, 0.25) is 0 Å². The smallest absolute Gasteiger partial charge is 0.150 e. The largest absolute Gasteiger partial charge is 0.298 e. The number of ketones is 1. The van der Waals surface area contributed by atoms with Crippen LogP contribution in [0.25, 0.3) is 0 Å².